The van der Waals surface area contributed by atoms with E-state index in [1.54, 1.807) is 0 Å². The van der Waals surface area contributed by atoms with Crippen molar-refractivity contribution in [2.24, 2.45) is 0 Å². The molecule has 0 aliphatic carbocycles. The Labute approximate surface area is 150 Å². The molecule has 1 aliphatic rings. The van der Waals surface area contributed by atoms with E-state index in [-0.39, 0.29) is 5.91 Å². The van der Waals surface area contributed by atoms with Crippen LogP contribution in [0.1, 0.15) is 16.8 Å². The number of fused-ring (bicyclic) bond motifs is 1. The van der Waals surface area contributed by atoms with Gasteiger partial charge in [0.1, 0.15) is 0 Å². The van der Waals surface area contributed by atoms with Gasteiger partial charge < -0.3 is 15.6 Å². The molecule has 1 amide bonds. The number of aromatic nitrogens is 1. The molecule has 5 heteroatoms. The summed E-state index contributed by atoms with van der Waals surface area (Å²) >= 11 is 6.02. The van der Waals surface area contributed by atoms with Gasteiger partial charge in [0.2, 0.25) is 0 Å². The molecular formula is C20H16ClN3O. The predicted molar refractivity (Wildman–Crippen MR) is 103 cm³/mol. The molecule has 3 N–H and O–H groups in total. The standard InChI is InChI=1S/C20H16ClN3O/c21-14-4-1-3-13(9-14)12-23-16-6-7-19-17(10-16)18(20(25)24-19)11-15-5-2-8-22-15/h1-11,22-23H,12H2,(H,24,25)/b18-11-. The van der Waals surface area contributed by atoms with E-state index in [2.05, 4.69) is 15.6 Å². The summed E-state index contributed by atoms with van der Waals surface area (Å²) in [5, 5.41) is 7.00. The zero-order valence-corrected chi connectivity index (χ0v) is 14.1. The minimum atomic E-state index is -0.0865. The first-order valence-electron chi connectivity index (χ1n) is 7.98. The summed E-state index contributed by atoms with van der Waals surface area (Å²) in [6, 6.07) is 17.5. The summed E-state index contributed by atoms with van der Waals surface area (Å²) in [5.74, 6) is -0.0865. The molecule has 0 radical (unpaired) electrons. The van der Waals surface area contributed by atoms with Crippen LogP contribution in [0.4, 0.5) is 11.4 Å². The van der Waals surface area contributed by atoms with E-state index in [1.165, 1.54) is 0 Å². The number of H-pyrrole nitrogens is 1. The van der Waals surface area contributed by atoms with Gasteiger partial charge in [0, 0.05) is 40.4 Å². The van der Waals surface area contributed by atoms with Gasteiger partial charge in [-0.15, -0.1) is 0 Å². The molecule has 124 valence electrons. The van der Waals surface area contributed by atoms with E-state index in [4.69, 9.17) is 11.6 Å². The Morgan fingerprint density at radius 1 is 1.08 bits per heavy atom. The Kier molecular flexibility index (Phi) is 4.04. The smallest absolute Gasteiger partial charge is 0.256 e. The largest absolute Gasteiger partial charge is 0.381 e. The van der Waals surface area contributed by atoms with Crippen LogP contribution >= 0.6 is 11.6 Å². The van der Waals surface area contributed by atoms with Crippen LogP contribution in [0.3, 0.4) is 0 Å². The van der Waals surface area contributed by atoms with Gasteiger partial charge in [-0.2, -0.15) is 0 Å². The van der Waals surface area contributed by atoms with Crippen molar-refractivity contribution in [3.63, 3.8) is 0 Å². The number of amides is 1. The lowest BCUT2D eigenvalue weighted by atomic mass is 10.1. The van der Waals surface area contributed by atoms with Crippen LogP contribution < -0.4 is 10.6 Å². The first kappa shape index (κ1) is 15.5. The number of benzene rings is 2. The van der Waals surface area contributed by atoms with E-state index in [0.717, 1.165) is 33.2 Å². The molecule has 0 bridgehead atoms. The molecule has 25 heavy (non-hydrogen) atoms. The van der Waals surface area contributed by atoms with Crippen molar-refractivity contribution in [1.82, 2.24) is 4.98 Å². The molecule has 1 aromatic heterocycles. The number of anilines is 2. The van der Waals surface area contributed by atoms with E-state index in [1.807, 2.05) is 66.9 Å². The fourth-order valence-electron chi connectivity index (χ4n) is 2.88. The normalized spacial score (nSPS) is 14.4. The van der Waals surface area contributed by atoms with Crippen molar-refractivity contribution < 1.29 is 4.79 Å². The topological polar surface area (TPSA) is 56.9 Å². The van der Waals surface area contributed by atoms with Crippen molar-refractivity contribution in [2.75, 3.05) is 10.6 Å². The molecule has 0 saturated carbocycles. The quantitative estimate of drug-likeness (QED) is 0.594. The van der Waals surface area contributed by atoms with Crippen molar-refractivity contribution in [3.8, 4) is 0 Å². The molecule has 2 aromatic carbocycles. The highest BCUT2D eigenvalue weighted by atomic mass is 35.5. The van der Waals surface area contributed by atoms with Crippen LogP contribution in [0.5, 0.6) is 0 Å². The molecule has 1 aliphatic heterocycles. The number of hydrogen-bond donors (Lipinski definition) is 3. The highest BCUT2D eigenvalue weighted by Gasteiger charge is 2.24. The van der Waals surface area contributed by atoms with Gasteiger partial charge in [0.15, 0.2) is 0 Å². The minimum Gasteiger partial charge on any atom is -0.381 e. The average molecular weight is 350 g/mol. The van der Waals surface area contributed by atoms with Crippen LogP contribution in [0, 0.1) is 0 Å². The maximum Gasteiger partial charge on any atom is 0.256 e. The summed E-state index contributed by atoms with van der Waals surface area (Å²) < 4.78 is 0. The predicted octanol–water partition coefficient (Wildman–Crippen LogP) is 4.77. The van der Waals surface area contributed by atoms with Crippen LogP contribution in [0.2, 0.25) is 5.02 Å². The van der Waals surface area contributed by atoms with E-state index < -0.39 is 0 Å². The third kappa shape index (κ3) is 3.30. The van der Waals surface area contributed by atoms with Gasteiger partial charge in [0.25, 0.3) is 5.91 Å². The number of carbonyl (C=O) groups excluding carboxylic acids is 1. The average Bonchev–Trinajstić information content (AvgIpc) is 3.22. The van der Waals surface area contributed by atoms with Crippen LogP contribution in [0.15, 0.2) is 60.8 Å². The molecular weight excluding hydrogens is 334 g/mol. The Morgan fingerprint density at radius 3 is 2.80 bits per heavy atom. The van der Waals surface area contributed by atoms with Gasteiger partial charge in [-0.1, -0.05) is 23.7 Å². The van der Waals surface area contributed by atoms with Crippen molar-refractivity contribution in [2.45, 2.75) is 6.54 Å². The van der Waals surface area contributed by atoms with Gasteiger partial charge >= 0.3 is 0 Å². The second-order valence-corrected chi connectivity index (χ2v) is 6.32. The summed E-state index contributed by atoms with van der Waals surface area (Å²) in [6.45, 7) is 0.663. The van der Waals surface area contributed by atoms with Gasteiger partial charge in [-0.05, 0) is 54.1 Å². The maximum atomic E-state index is 12.3. The summed E-state index contributed by atoms with van der Waals surface area (Å²) in [7, 11) is 0. The fraction of sp³-hybridized carbons (Fsp3) is 0.0500. The Balaban J connectivity index is 1.59. The molecule has 2 heterocycles. The molecule has 0 unspecified atom stereocenters. The molecule has 0 atom stereocenters. The van der Waals surface area contributed by atoms with Crippen molar-refractivity contribution in [1.29, 1.82) is 0 Å². The summed E-state index contributed by atoms with van der Waals surface area (Å²) in [6.07, 6.45) is 3.70. The third-order valence-corrected chi connectivity index (χ3v) is 4.35. The monoisotopic (exact) mass is 349 g/mol. The number of nitrogens with one attached hydrogen (secondary N) is 3. The number of hydrogen-bond acceptors (Lipinski definition) is 2. The second-order valence-electron chi connectivity index (χ2n) is 5.88. The maximum absolute atomic E-state index is 12.3. The highest BCUT2D eigenvalue weighted by molar-refractivity contribution is 6.35. The van der Waals surface area contributed by atoms with Gasteiger partial charge in [-0.3, -0.25) is 4.79 Å². The van der Waals surface area contributed by atoms with Crippen LogP contribution in [0.25, 0.3) is 11.6 Å². The lowest BCUT2D eigenvalue weighted by Crippen LogP contribution is -2.03. The molecule has 0 spiro atoms. The van der Waals surface area contributed by atoms with E-state index >= 15 is 0 Å². The van der Waals surface area contributed by atoms with Crippen LogP contribution in [-0.2, 0) is 11.3 Å². The first-order chi connectivity index (χ1) is 12.2. The Hall–Kier alpha value is -2.98. The SMILES string of the molecule is O=C1Nc2ccc(NCc3cccc(Cl)c3)cc2/C1=C/c1ccc[nH]1. The second kappa shape index (κ2) is 6.49. The van der Waals surface area contributed by atoms with Crippen molar-refractivity contribution >= 4 is 40.5 Å². The fourth-order valence-corrected chi connectivity index (χ4v) is 3.09. The van der Waals surface area contributed by atoms with Crippen molar-refractivity contribution in [3.05, 3.63) is 82.6 Å². The summed E-state index contributed by atoms with van der Waals surface area (Å²) in [4.78, 5) is 15.4. The molecule has 4 nitrogen and oxygen atoms in total. The van der Waals surface area contributed by atoms with E-state index in [9.17, 15) is 4.79 Å². The number of carbonyl (C=O) groups is 1. The number of halogens is 1. The molecule has 0 saturated heterocycles. The number of aromatic amines is 1. The lowest BCUT2D eigenvalue weighted by molar-refractivity contribution is -0.110. The Bertz CT molecular complexity index is 961. The Morgan fingerprint density at radius 2 is 2.00 bits per heavy atom. The first-order valence-corrected chi connectivity index (χ1v) is 8.36. The van der Waals surface area contributed by atoms with E-state index in [0.29, 0.717) is 12.1 Å². The minimum absolute atomic E-state index is 0.0865. The molecule has 0 fully saturated rings. The van der Waals surface area contributed by atoms with Crippen LogP contribution in [-0.4, -0.2) is 10.9 Å². The molecule has 4 rings (SSSR count). The lowest BCUT2D eigenvalue weighted by Gasteiger charge is -2.09. The zero-order chi connectivity index (χ0) is 17.2. The number of rotatable bonds is 4. The van der Waals surface area contributed by atoms with Gasteiger partial charge in [-0.25, -0.2) is 0 Å². The zero-order valence-electron chi connectivity index (χ0n) is 13.3. The van der Waals surface area contributed by atoms with Gasteiger partial charge in [0.05, 0.1) is 5.57 Å². The molecule has 3 aromatic rings. The third-order valence-electron chi connectivity index (χ3n) is 4.11. The summed E-state index contributed by atoms with van der Waals surface area (Å²) in [5.41, 5.74) is 5.34. The highest BCUT2D eigenvalue weighted by Crippen LogP contribution is 2.35.